The molecule has 11 atom stereocenters. The Kier molecular flexibility index (Phi) is 7.37. The Morgan fingerprint density at radius 2 is 1.92 bits per heavy atom. The maximum absolute atomic E-state index is 12.7. The molecule has 38 heavy (non-hydrogen) atoms. The zero-order valence-corrected chi connectivity index (χ0v) is 20.3. The molecular weight excluding hydrogens is 508 g/mol. The van der Waals surface area contributed by atoms with Crippen molar-refractivity contribution in [3.63, 3.8) is 0 Å². The van der Waals surface area contributed by atoms with Crippen LogP contribution in [-0.4, -0.2) is 112 Å². The van der Waals surface area contributed by atoms with Crippen LogP contribution >= 0.6 is 0 Å². The maximum atomic E-state index is 12.7. The number of phenols is 1. The molecule has 3 heterocycles. The minimum atomic E-state index is -1.66. The lowest BCUT2D eigenvalue weighted by molar-refractivity contribution is -0.344. The van der Waals surface area contributed by atoms with E-state index >= 15 is 0 Å². The topological polar surface area (TPSA) is 197 Å². The summed E-state index contributed by atoms with van der Waals surface area (Å²) in [6.45, 7) is -1.07. The number of aromatic hydroxyl groups is 1. The average molecular weight is 539 g/mol. The Morgan fingerprint density at radius 3 is 2.61 bits per heavy atom. The number of carbonyl (C=O) groups is 1. The highest BCUT2D eigenvalue weighted by Crippen LogP contribution is 2.60. The number of epoxide rings is 1. The molecular formula is C25H30O13. The second kappa shape index (κ2) is 10.4. The Labute approximate surface area is 217 Å². The van der Waals surface area contributed by atoms with E-state index in [1.807, 2.05) is 0 Å². The van der Waals surface area contributed by atoms with Gasteiger partial charge < -0.3 is 59.1 Å². The number of hydrogen-bond acceptors (Lipinski definition) is 13. The van der Waals surface area contributed by atoms with E-state index in [-0.39, 0.29) is 5.75 Å². The normalized spacial score (nSPS) is 41.3. The van der Waals surface area contributed by atoms with Crippen molar-refractivity contribution in [1.29, 1.82) is 0 Å². The van der Waals surface area contributed by atoms with Crippen LogP contribution in [0.4, 0.5) is 0 Å². The van der Waals surface area contributed by atoms with E-state index in [4.69, 9.17) is 28.4 Å². The van der Waals surface area contributed by atoms with Crippen LogP contribution in [0.2, 0.25) is 0 Å². The number of aliphatic hydroxyl groups is 5. The minimum absolute atomic E-state index is 0.0836. The third kappa shape index (κ3) is 4.54. The van der Waals surface area contributed by atoms with Crippen molar-refractivity contribution < 1.29 is 63.9 Å². The molecule has 0 spiro atoms. The number of carbonyl (C=O) groups excluding carboxylic acids is 1. The molecule has 0 radical (unpaired) electrons. The van der Waals surface area contributed by atoms with Gasteiger partial charge in [0.05, 0.1) is 32.5 Å². The number of fused-ring (bicyclic) bond motifs is 3. The lowest BCUT2D eigenvalue weighted by atomic mass is 9.85. The Hall–Kier alpha value is -2.75. The summed E-state index contributed by atoms with van der Waals surface area (Å²) in [5.41, 5.74) is -0.782. The summed E-state index contributed by atoms with van der Waals surface area (Å²) < 4.78 is 33.3. The lowest BCUT2D eigenvalue weighted by Crippen LogP contribution is -2.60. The molecule has 11 unspecified atom stereocenters. The van der Waals surface area contributed by atoms with Crippen LogP contribution < -0.4 is 4.74 Å². The molecule has 0 aromatic heterocycles. The summed E-state index contributed by atoms with van der Waals surface area (Å²) in [5, 5.41) is 60.2. The molecule has 5 rings (SSSR count). The maximum Gasteiger partial charge on any atom is 0.331 e. The number of esters is 1. The molecule has 13 heteroatoms. The number of aliphatic hydroxyl groups excluding tert-OH is 5. The van der Waals surface area contributed by atoms with Crippen molar-refractivity contribution in [3.05, 3.63) is 42.2 Å². The first-order valence-electron chi connectivity index (χ1n) is 12.1. The first-order valence-corrected chi connectivity index (χ1v) is 12.1. The number of hydrogen-bond donors (Lipinski definition) is 6. The minimum Gasteiger partial charge on any atom is -0.507 e. The number of rotatable bonds is 8. The van der Waals surface area contributed by atoms with Gasteiger partial charge in [-0.25, -0.2) is 4.79 Å². The fraction of sp³-hybridized carbons (Fsp3) is 0.560. The SMILES string of the molecule is COc1ccc(C=CC(=O)OC2C3C=COC(OC4OC(CO)C(O)C(O)C4O)C3C3(CO)OC23)c(O)c1. The predicted molar refractivity (Wildman–Crippen MR) is 124 cm³/mol. The van der Waals surface area contributed by atoms with Gasteiger partial charge in [-0.05, 0) is 24.3 Å². The number of methoxy groups -OCH3 is 1. The molecule has 4 aliphatic rings. The van der Waals surface area contributed by atoms with Crippen molar-refractivity contribution >= 4 is 12.0 Å². The highest BCUT2D eigenvalue weighted by atomic mass is 16.8. The second-order valence-electron chi connectivity index (χ2n) is 9.58. The first-order chi connectivity index (χ1) is 18.2. The molecule has 1 aliphatic carbocycles. The van der Waals surface area contributed by atoms with E-state index in [1.165, 1.54) is 25.5 Å². The molecule has 1 saturated carbocycles. The summed E-state index contributed by atoms with van der Waals surface area (Å²) in [7, 11) is 1.47. The summed E-state index contributed by atoms with van der Waals surface area (Å²) >= 11 is 0. The number of benzene rings is 1. The molecule has 1 aromatic carbocycles. The largest absolute Gasteiger partial charge is 0.507 e. The zero-order chi connectivity index (χ0) is 27.2. The molecule has 6 N–H and O–H groups in total. The van der Waals surface area contributed by atoms with Crippen molar-refractivity contribution in [1.82, 2.24) is 0 Å². The fourth-order valence-corrected chi connectivity index (χ4v) is 5.41. The standard InChI is InChI=1S/C25H30O13/c1-33-12-4-2-11(14(28)8-12)3-5-16(29)36-21-13-6-7-34-23(17(13)25(10-27)22(21)38-25)37-24-20(32)19(31)18(30)15(9-26)35-24/h2-8,13,15,17-24,26-28,30-32H,9-10H2,1H3. The van der Waals surface area contributed by atoms with E-state index < -0.39 is 85.8 Å². The van der Waals surface area contributed by atoms with Gasteiger partial charge in [-0.15, -0.1) is 0 Å². The van der Waals surface area contributed by atoms with Crippen molar-refractivity contribution in [2.24, 2.45) is 11.8 Å². The molecule has 1 aromatic rings. The van der Waals surface area contributed by atoms with Crippen molar-refractivity contribution in [2.75, 3.05) is 20.3 Å². The summed E-state index contributed by atoms with van der Waals surface area (Å²) in [6, 6.07) is 4.61. The number of phenolic OH excluding ortho intramolecular Hbond substituents is 1. The van der Waals surface area contributed by atoms with E-state index in [2.05, 4.69) is 0 Å². The van der Waals surface area contributed by atoms with E-state index in [1.54, 1.807) is 18.2 Å². The van der Waals surface area contributed by atoms with Crippen LogP contribution in [-0.2, 0) is 28.5 Å². The lowest BCUT2D eigenvalue weighted by Gasteiger charge is -2.43. The molecule has 3 aliphatic heterocycles. The van der Waals surface area contributed by atoms with Gasteiger partial charge in [-0.3, -0.25) is 0 Å². The van der Waals surface area contributed by atoms with Crippen LogP contribution in [0.1, 0.15) is 5.56 Å². The van der Waals surface area contributed by atoms with Crippen LogP contribution in [0.15, 0.2) is 36.6 Å². The third-order valence-electron chi connectivity index (χ3n) is 7.49. The van der Waals surface area contributed by atoms with Crippen LogP contribution in [0.25, 0.3) is 6.08 Å². The highest BCUT2D eigenvalue weighted by molar-refractivity contribution is 5.88. The van der Waals surface area contributed by atoms with Crippen LogP contribution in [0.5, 0.6) is 11.5 Å². The van der Waals surface area contributed by atoms with E-state index in [0.29, 0.717) is 11.3 Å². The van der Waals surface area contributed by atoms with Gasteiger partial charge >= 0.3 is 5.97 Å². The highest BCUT2D eigenvalue weighted by Gasteiger charge is 2.77. The van der Waals surface area contributed by atoms with Gasteiger partial charge in [0.25, 0.3) is 0 Å². The molecule has 13 nitrogen and oxygen atoms in total. The molecule has 208 valence electrons. The second-order valence-corrected chi connectivity index (χ2v) is 9.58. The smallest absolute Gasteiger partial charge is 0.331 e. The Bertz CT molecular complexity index is 1090. The molecule has 2 saturated heterocycles. The Balaban J connectivity index is 1.29. The van der Waals surface area contributed by atoms with Gasteiger partial charge in [-0.2, -0.15) is 0 Å². The Morgan fingerprint density at radius 1 is 1.13 bits per heavy atom. The molecule has 0 amide bonds. The summed E-state index contributed by atoms with van der Waals surface area (Å²) in [6.07, 6.45) is -4.61. The van der Waals surface area contributed by atoms with Crippen LogP contribution in [0.3, 0.4) is 0 Å². The molecule has 3 fully saturated rings. The van der Waals surface area contributed by atoms with Gasteiger partial charge in [-0.1, -0.05) is 0 Å². The van der Waals surface area contributed by atoms with Gasteiger partial charge in [0.2, 0.25) is 6.29 Å². The van der Waals surface area contributed by atoms with E-state index in [0.717, 1.165) is 6.08 Å². The van der Waals surface area contributed by atoms with Crippen molar-refractivity contribution in [2.45, 2.75) is 54.8 Å². The molecule has 0 bridgehead atoms. The monoisotopic (exact) mass is 538 g/mol. The average Bonchev–Trinajstić information content (AvgIpc) is 3.60. The van der Waals surface area contributed by atoms with E-state index in [9.17, 15) is 35.4 Å². The van der Waals surface area contributed by atoms with Gasteiger partial charge in [0, 0.05) is 23.6 Å². The summed E-state index contributed by atoms with van der Waals surface area (Å²) in [4.78, 5) is 12.7. The first kappa shape index (κ1) is 26.8. The third-order valence-corrected chi connectivity index (χ3v) is 7.49. The predicted octanol–water partition coefficient (Wildman–Crippen LogP) is -1.61. The van der Waals surface area contributed by atoms with Crippen LogP contribution in [0, 0.1) is 11.8 Å². The summed E-state index contributed by atoms with van der Waals surface area (Å²) in [5.74, 6) is -1.53. The fourth-order valence-electron chi connectivity index (χ4n) is 5.41. The van der Waals surface area contributed by atoms with Gasteiger partial charge in [0.15, 0.2) is 6.29 Å². The van der Waals surface area contributed by atoms with Gasteiger partial charge in [0.1, 0.15) is 53.7 Å². The quantitative estimate of drug-likeness (QED) is 0.126. The zero-order valence-electron chi connectivity index (χ0n) is 20.3. The number of ether oxygens (including phenoxy) is 6. The van der Waals surface area contributed by atoms with Crippen molar-refractivity contribution in [3.8, 4) is 11.5 Å².